The first kappa shape index (κ1) is 14.4. The summed E-state index contributed by atoms with van der Waals surface area (Å²) in [6.45, 7) is 1.68. The minimum absolute atomic E-state index is 0.00201. The minimum atomic E-state index is -0.329. The van der Waals surface area contributed by atoms with E-state index in [9.17, 15) is 10.2 Å². The van der Waals surface area contributed by atoms with E-state index in [0.29, 0.717) is 24.1 Å². The van der Waals surface area contributed by atoms with Crippen LogP contribution in [0.4, 0.5) is 5.82 Å². The highest BCUT2D eigenvalue weighted by molar-refractivity contribution is 6.32. The number of aromatic nitrogens is 2. The summed E-state index contributed by atoms with van der Waals surface area (Å²) in [4.78, 5) is 6.64. The second kappa shape index (κ2) is 6.05. The van der Waals surface area contributed by atoms with Gasteiger partial charge in [0.05, 0.1) is 12.7 Å². The van der Waals surface area contributed by atoms with Crippen molar-refractivity contribution in [3.05, 3.63) is 35.5 Å². The summed E-state index contributed by atoms with van der Waals surface area (Å²) in [5.74, 6) is 1.42. The summed E-state index contributed by atoms with van der Waals surface area (Å²) in [5.41, 5.74) is 0.957. The molecule has 0 amide bonds. The fourth-order valence-corrected chi connectivity index (χ4v) is 2.99. The van der Waals surface area contributed by atoms with E-state index in [0.717, 1.165) is 24.4 Å². The van der Waals surface area contributed by atoms with Crippen LogP contribution in [0.2, 0.25) is 5.15 Å². The highest BCUT2D eigenvalue weighted by Gasteiger charge is 2.27. The van der Waals surface area contributed by atoms with Gasteiger partial charge < -0.3 is 19.7 Å². The quantitative estimate of drug-likeness (QED) is 0.904. The maximum atomic E-state index is 9.69. The van der Waals surface area contributed by atoms with Crippen molar-refractivity contribution in [2.75, 3.05) is 24.6 Å². The zero-order valence-electron chi connectivity index (χ0n) is 11.6. The molecule has 6 heteroatoms. The first-order valence-corrected chi connectivity index (χ1v) is 7.44. The molecule has 2 heterocycles. The molecular weight excluding hydrogens is 290 g/mol. The lowest BCUT2D eigenvalue weighted by atomic mass is 10.2. The number of benzene rings is 1. The Labute approximate surface area is 128 Å². The van der Waals surface area contributed by atoms with Crippen LogP contribution in [-0.2, 0) is 6.54 Å². The lowest BCUT2D eigenvalue weighted by molar-refractivity contribution is 0.198. The minimum Gasteiger partial charge on any atom is -0.395 e. The van der Waals surface area contributed by atoms with Crippen LogP contribution >= 0.6 is 11.6 Å². The fourth-order valence-electron chi connectivity index (χ4n) is 2.67. The Morgan fingerprint density at radius 3 is 2.67 bits per heavy atom. The highest BCUT2D eigenvalue weighted by atomic mass is 35.5. The Hall–Kier alpha value is -1.56. The number of β-amino-alcohol motifs (C(OH)–C–C–N with tert-alkyl or cyclic N) is 1. The SMILES string of the molecule is OCCn1c(-c2ccccc2)nc(N2CCC(O)C2)c1Cl. The van der Waals surface area contributed by atoms with Gasteiger partial charge >= 0.3 is 0 Å². The lowest BCUT2D eigenvalue weighted by Crippen LogP contribution is -2.21. The van der Waals surface area contributed by atoms with Gasteiger partial charge in [-0.2, -0.15) is 0 Å². The Kier molecular flexibility index (Phi) is 4.14. The third-order valence-corrected chi connectivity index (χ3v) is 4.08. The predicted molar refractivity (Wildman–Crippen MR) is 82.6 cm³/mol. The van der Waals surface area contributed by atoms with Gasteiger partial charge in [-0.25, -0.2) is 4.98 Å². The molecular formula is C15H18ClN3O2. The average molecular weight is 308 g/mol. The summed E-state index contributed by atoms with van der Waals surface area (Å²) in [6.07, 6.45) is 0.397. The topological polar surface area (TPSA) is 61.5 Å². The van der Waals surface area contributed by atoms with Gasteiger partial charge in [-0.1, -0.05) is 41.9 Å². The van der Waals surface area contributed by atoms with Crippen LogP contribution in [0, 0.1) is 0 Å². The molecule has 0 spiro atoms. The van der Waals surface area contributed by atoms with Gasteiger partial charge in [0, 0.05) is 25.2 Å². The van der Waals surface area contributed by atoms with Crippen molar-refractivity contribution in [2.45, 2.75) is 19.1 Å². The number of hydrogen-bond acceptors (Lipinski definition) is 4. The molecule has 1 saturated heterocycles. The third kappa shape index (κ3) is 2.77. The van der Waals surface area contributed by atoms with Gasteiger partial charge in [-0.3, -0.25) is 0 Å². The Bertz CT molecular complexity index is 615. The van der Waals surface area contributed by atoms with E-state index in [4.69, 9.17) is 11.6 Å². The summed E-state index contributed by atoms with van der Waals surface area (Å²) in [6, 6.07) is 9.77. The van der Waals surface area contributed by atoms with Crippen molar-refractivity contribution in [1.29, 1.82) is 0 Å². The van der Waals surface area contributed by atoms with Gasteiger partial charge in [-0.15, -0.1) is 0 Å². The van der Waals surface area contributed by atoms with E-state index in [1.54, 1.807) is 0 Å². The second-order valence-electron chi connectivity index (χ2n) is 5.18. The van der Waals surface area contributed by atoms with Crippen LogP contribution in [0.3, 0.4) is 0 Å². The predicted octanol–water partition coefficient (Wildman–Crippen LogP) is 1.77. The number of imidazole rings is 1. The van der Waals surface area contributed by atoms with Crippen molar-refractivity contribution in [3.63, 3.8) is 0 Å². The molecule has 112 valence electrons. The number of anilines is 1. The van der Waals surface area contributed by atoms with Gasteiger partial charge in [0.2, 0.25) is 0 Å². The molecule has 0 bridgehead atoms. The van der Waals surface area contributed by atoms with Gasteiger partial charge in [0.25, 0.3) is 0 Å². The van der Waals surface area contributed by atoms with Crippen LogP contribution in [0.5, 0.6) is 0 Å². The van der Waals surface area contributed by atoms with Crippen LogP contribution in [0.1, 0.15) is 6.42 Å². The number of rotatable bonds is 4. The van der Waals surface area contributed by atoms with Gasteiger partial charge in [0.15, 0.2) is 11.0 Å². The summed E-state index contributed by atoms with van der Waals surface area (Å²) in [5, 5.41) is 19.5. The first-order chi connectivity index (χ1) is 10.2. The van der Waals surface area contributed by atoms with E-state index >= 15 is 0 Å². The zero-order chi connectivity index (χ0) is 14.8. The molecule has 1 atom stereocenters. The number of hydrogen-bond donors (Lipinski definition) is 2. The van der Waals surface area contributed by atoms with E-state index in [2.05, 4.69) is 4.98 Å². The molecule has 2 aromatic rings. The van der Waals surface area contributed by atoms with E-state index in [1.807, 2.05) is 39.8 Å². The van der Waals surface area contributed by atoms with Gasteiger partial charge in [-0.05, 0) is 6.42 Å². The summed E-state index contributed by atoms with van der Waals surface area (Å²) < 4.78 is 1.82. The molecule has 1 fully saturated rings. The summed E-state index contributed by atoms with van der Waals surface area (Å²) in [7, 11) is 0. The monoisotopic (exact) mass is 307 g/mol. The molecule has 1 aliphatic heterocycles. The number of nitrogens with zero attached hydrogens (tertiary/aromatic N) is 3. The number of aliphatic hydroxyl groups excluding tert-OH is 2. The maximum Gasteiger partial charge on any atom is 0.167 e. The maximum absolute atomic E-state index is 9.69. The van der Waals surface area contributed by atoms with Crippen LogP contribution in [0.25, 0.3) is 11.4 Å². The molecule has 21 heavy (non-hydrogen) atoms. The molecule has 0 aliphatic carbocycles. The van der Waals surface area contributed by atoms with Crippen LogP contribution in [0.15, 0.2) is 30.3 Å². The molecule has 2 N–H and O–H groups in total. The van der Waals surface area contributed by atoms with E-state index in [1.165, 1.54) is 0 Å². The molecule has 0 saturated carbocycles. The van der Waals surface area contributed by atoms with Crippen molar-refractivity contribution in [1.82, 2.24) is 9.55 Å². The Morgan fingerprint density at radius 2 is 2.05 bits per heavy atom. The molecule has 3 rings (SSSR count). The van der Waals surface area contributed by atoms with Crippen molar-refractivity contribution < 1.29 is 10.2 Å². The third-order valence-electron chi connectivity index (χ3n) is 3.71. The van der Waals surface area contributed by atoms with Crippen LogP contribution in [-0.4, -0.2) is 45.6 Å². The first-order valence-electron chi connectivity index (χ1n) is 7.06. The largest absolute Gasteiger partial charge is 0.395 e. The smallest absolute Gasteiger partial charge is 0.167 e. The normalized spacial score (nSPS) is 18.4. The molecule has 1 aromatic heterocycles. The number of aliphatic hydroxyl groups is 2. The summed E-state index contributed by atoms with van der Waals surface area (Å²) >= 11 is 6.45. The second-order valence-corrected chi connectivity index (χ2v) is 5.54. The molecule has 1 aromatic carbocycles. The molecule has 0 radical (unpaired) electrons. The van der Waals surface area contributed by atoms with Crippen molar-refractivity contribution >= 4 is 17.4 Å². The van der Waals surface area contributed by atoms with Crippen molar-refractivity contribution in [3.8, 4) is 11.4 Å². The van der Waals surface area contributed by atoms with Crippen molar-refractivity contribution in [2.24, 2.45) is 0 Å². The molecule has 5 nitrogen and oxygen atoms in total. The van der Waals surface area contributed by atoms with Gasteiger partial charge in [0.1, 0.15) is 5.82 Å². The Morgan fingerprint density at radius 1 is 1.29 bits per heavy atom. The highest BCUT2D eigenvalue weighted by Crippen LogP contribution is 2.33. The zero-order valence-corrected chi connectivity index (χ0v) is 12.4. The lowest BCUT2D eigenvalue weighted by Gasteiger charge is -2.14. The molecule has 1 aliphatic rings. The average Bonchev–Trinajstić information content (AvgIpc) is 3.06. The standard InChI is InChI=1S/C15H18ClN3O2/c16-13-15(18-7-6-12(21)10-18)17-14(19(13)8-9-20)11-4-2-1-3-5-11/h1-5,12,20-21H,6-10H2. The Balaban J connectivity index is 2.03. The molecule has 1 unspecified atom stereocenters. The number of halogens is 1. The van der Waals surface area contributed by atoms with E-state index in [-0.39, 0.29) is 12.7 Å². The van der Waals surface area contributed by atoms with Crippen LogP contribution < -0.4 is 4.90 Å². The fraction of sp³-hybridized carbons (Fsp3) is 0.400. The van der Waals surface area contributed by atoms with E-state index < -0.39 is 0 Å².